The number of unbranched alkanes of at least 4 members (excludes halogenated alkanes) is 52. The fourth-order valence-corrected chi connectivity index (χ4v) is 13.9. The average molecular weight is 1390 g/mol. The molecule has 1 amide bonds. The first-order chi connectivity index (χ1) is 48.1. The van der Waals surface area contributed by atoms with E-state index < -0.39 is 86.8 Å². The lowest BCUT2D eigenvalue weighted by molar-refractivity contribution is -0.359. The molecule has 0 aliphatic carbocycles. The van der Waals surface area contributed by atoms with Gasteiger partial charge in [-0.2, -0.15) is 0 Å². The molecule has 0 aromatic heterocycles. The minimum Gasteiger partial charge on any atom is -0.394 e. The summed E-state index contributed by atoms with van der Waals surface area (Å²) in [6.45, 7) is 2.83. The van der Waals surface area contributed by atoms with Crippen molar-refractivity contribution in [1.29, 1.82) is 0 Å². The zero-order chi connectivity index (χ0) is 70.8. The van der Waals surface area contributed by atoms with Crippen molar-refractivity contribution >= 4 is 5.91 Å². The molecular weight excluding hydrogens is 1230 g/mol. The van der Waals surface area contributed by atoms with Crippen LogP contribution in [0.15, 0.2) is 48.6 Å². The average Bonchev–Trinajstić information content (AvgIpc) is 0.793. The Morgan fingerprint density at radius 3 is 1.06 bits per heavy atom. The third-order valence-electron chi connectivity index (χ3n) is 20.5. The quantitative estimate of drug-likeness (QED) is 0.0204. The van der Waals surface area contributed by atoms with E-state index in [1.807, 2.05) is 6.08 Å². The van der Waals surface area contributed by atoms with E-state index in [-0.39, 0.29) is 18.9 Å². The van der Waals surface area contributed by atoms with Crippen LogP contribution in [0.3, 0.4) is 0 Å². The number of amides is 1. The molecule has 2 aliphatic rings. The fraction of sp³-hybridized carbons (Fsp3) is 0.893. The van der Waals surface area contributed by atoms with Gasteiger partial charge in [0.05, 0.1) is 32.0 Å². The van der Waals surface area contributed by atoms with Gasteiger partial charge in [0.2, 0.25) is 5.91 Å². The standard InChI is InChI=1S/C84H157NO13/c1-3-5-7-9-11-13-15-17-19-21-23-25-27-28-29-30-31-32-33-34-35-36-37-38-39-40-41-42-43-44-46-48-50-52-54-56-58-60-62-64-66-68-76(89)85-72(71-95-83-81(94)79(92)82(75(70-87)97-83)98-84-80(93)78(91)77(90)74(69-86)96-84)73(88)67-65-63-61-59-57-55-53-51-49-47-45-26-24-22-20-18-16-14-12-10-8-6-4-2/h15,17,21,23,57,59,65,67,72-75,77-84,86-88,90-94H,3-14,16,18-20,22,24-56,58,60-64,66,68-71H2,1-2H3,(H,85,89)/b17-15-,23-21-,59-57+,67-65+. The van der Waals surface area contributed by atoms with Crippen molar-refractivity contribution in [2.24, 2.45) is 0 Å². The van der Waals surface area contributed by atoms with Crippen LogP contribution < -0.4 is 5.32 Å². The predicted octanol–water partition coefficient (Wildman–Crippen LogP) is 19.4. The molecule has 2 aliphatic heterocycles. The van der Waals surface area contributed by atoms with Gasteiger partial charge in [-0.05, 0) is 64.2 Å². The lowest BCUT2D eigenvalue weighted by Gasteiger charge is -2.46. The molecule has 2 saturated heterocycles. The van der Waals surface area contributed by atoms with Crippen molar-refractivity contribution in [2.75, 3.05) is 19.8 Å². The number of nitrogens with one attached hydrogen (secondary N) is 1. The number of carbonyl (C=O) groups is 1. The highest BCUT2D eigenvalue weighted by Gasteiger charge is 2.51. The van der Waals surface area contributed by atoms with E-state index in [0.717, 1.165) is 38.5 Å². The second-order valence-corrected chi connectivity index (χ2v) is 29.6. The predicted molar refractivity (Wildman–Crippen MR) is 406 cm³/mol. The molecule has 2 rings (SSSR count). The number of aliphatic hydroxyl groups excluding tert-OH is 8. The zero-order valence-corrected chi connectivity index (χ0v) is 63.3. The highest BCUT2D eigenvalue weighted by Crippen LogP contribution is 2.30. The first-order valence-electron chi connectivity index (χ1n) is 41.9. The second-order valence-electron chi connectivity index (χ2n) is 29.6. The van der Waals surface area contributed by atoms with Crippen molar-refractivity contribution in [2.45, 2.75) is 460 Å². The van der Waals surface area contributed by atoms with E-state index in [1.54, 1.807) is 6.08 Å². The summed E-state index contributed by atoms with van der Waals surface area (Å²) in [5, 5.41) is 87.6. The molecule has 0 radical (unpaired) electrons. The summed E-state index contributed by atoms with van der Waals surface area (Å²) in [5.41, 5.74) is 0. The Bertz CT molecular complexity index is 1830. The van der Waals surface area contributed by atoms with E-state index in [0.29, 0.717) is 12.8 Å². The van der Waals surface area contributed by atoms with E-state index in [1.165, 1.54) is 315 Å². The van der Waals surface area contributed by atoms with Gasteiger partial charge in [-0.25, -0.2) is 0 Å². The number of rotatable bonds is 71. The van der Waals surface area contributed by atoms with Gasteiger partial charge < -0.3 is 65.1 Å². The van der Waals surface area contributed by atoms with Crippen LogP contribution in [0.1, 0.15) is 386 Å². The highest BCUT2D eigenvalue weighted by molar-refractivity contribution is 5.76. The van der Waals surface area contributed by atoms with E-state index in [2.05, 4.69) is 55.6 Å². The van der Waals surface area contributed by atoms with Crippen LogP contribution in [0, 0.1) is 0 Å². The normalized spacial score (nSPS) is 22.2. The highest BCUT2D eigenvalue weighted by atomic mass is 16.7. The molecular formula is C84H157NO13. The van der Waals surface area contributed by atoms with Gasteiger partial charge in [0.1, 0.15) is 48.8 Å². The van der Waals surface area contributed by atoms with Gasteiger partial charge in [0.25, 0.3) is 0 Å². The lowest BCUT2D eigenvalue weighted by Crippen LogP contribution is -2.65. The lowest BCUT2D eigenvalue weighted by atomic mass is 9.97. The Morgan fingerprint density at radius 1 is 0.367 bits per heavy atom. The summed E-state index contributed by atoms with van der Waals surface area (Å²) in [7, 11) is 0. The molecule has 0 aromatic rings. The molecule has 14 nitrogen and oxygen atoms in total. The maximum absolute atomic E-state index is 13.4. The Morgan fingerprint density at radius 2 is 0.684 bits per heavy atom. The van der Waals surface area contributed by atoms with Crippen LogP contribution in [-0.4, -0.2) is 140 Å². The third kappa shape index (κ3) is 50.4. The van der Waals surface area contributed by atoms with Crippen LogP contribution in [0.5, 0.6) is 0 Å². The molecule has 98 heavy (non-hydrogen) atoms. The first kappa shape index (κ1) is 92.0. The third-order valence-corrected chi connectivity index (χ3v) is 20.5. The molecule has 2 fully saturated rings. The van der Waals surface area contributed by atoms with Gasteiger partial charge >= 0.3 is 0 Å². The maximum Gasteiger partial charge on any atom is 0.220 e. The van der Waals surface area contributed by atoms with Gasteiger partial charge in [0.15, 0.2) is 12.6 Å². The monoisotopic (exact) mass is 1390 g/mol. The summed E-state index contributed by atoms with van der Waals surface area (Å²) in [4.78, 5) is 13.4. The van der Waals surface area contributed by atoms with Crippen LogP contribution in [0.4, 0.5) is 0 Å². The minimum absolute atomic E-state index is 0.241. The topological polar surface area (TPSA) is 228 Å². The maximum atomic E-state index is 13.4. The summed E-state index contributed by atoms with van der Waals surface area (Å²) in [6.07, 6.45) is 75.1. The van der Waals surface area contributed by atoms with Crippen molar-refractivity contribution < 1.29 is 64.6 Å². The molecule has 0 bridgehead atoms. The van der Waals surface area contributed by atoms with Gasteiger partial charge in [-0.1, -0.05) is 364 Å². The SMILES string of the molecule is CCCCCCC/C=C\C/C=C\CCCCCCCCCCCCCCCCCCCCCCCCCCCCCCCC(=O)NC(COC1OC(CO)C(OC2OC(CO)C(O)C(O)C2O)C(O)C1O)C(O)/C=C/CC/C=C/CCCCCCCCCCCCCCCCCCC. The van der Waals surface area contributed by atoms with Crippen molar-refractivity contribution in [3.8, 4) is 0 Å². The molecule has 12 atom stereocenters. The Hall–Kier alpha value is -2.05. The second kappa shape index (κ2) is 68.1. The van der Waals surface area contributed by atoms with Gasteiger partial charge in [-0.3, -0.25) is 4.79 Å². The van der Waals surface area contributed by atoms with Crippen LogP contribution >= 0.6 is 0 Å². The van der Waals surface area contributed by atoms with Crippen molar-refractivity contribution in [3.05, 3.63) is 48.6 Å². The molecule has 12 unspecified atom stereocenters. The minimum atomic E-state index is -1.79. The number of hydrogen-bond donors (Lipinski definition) is 9. The summed E-state index contributed by atoms with van der Waals surface area (Å²) in [5.74, 6) is -0.241. The molecule has 0 aromatic carbocycles. The Labute approximate surface area is 601 Å². The summed E-state index contributed by atoms with van der Waals surface area (Å²) in [6, 6.07) is -0.932. The van der Waals surface area contributed by atoms with Crippen LogP contribution in [-0.2, 0) is 23.7 Å². The van der Waals surface area contributed by atoms with Crippen LogP contribution in [0.2, 0.25) is 0 Å². The number of aliphatic hydroxyl groups is 8. The van der Waals surface area contributed by atoms with E-state index in [4.69, 9.17) is 18.9 Å². The fourth-order valence-electron chi connectivity index (χ4n) is 13.9. The Balaban J connectivity index is 1.56. The number of carbonyl (C=O) groups excluding carboxylic acids is 1. The van der Waals surface area contributed by atoms with Gasteiger partial charge in [0, 0.05) is 6.42 Å². The molecule has 0 saturated carbocycles. The summed E-state index contributed by atoms with van der Waals surface area (Å²) < 4.78 is 22.9. The number of ether oxygens (including phenoxy) is 4. The number of allylic oxidation sites excluding steroid dienone is 7. The van der Waals surface area contributed by atoms with Crippen LogP contribution in [0.25, 0.3) is 0 Å². The smallest absolute Gasteiger partial charge is 0.220 e. The molecule has 14 heteroatoms. The van der Waals surface area contributed by atoms with Crippen molar-refractivity contribution in [1.82, 2.24) is 5.32 Å². The largest absolute Gasteiger partial charge is 0.394 e. The summed E-state index contributed by atoms with van der Waals surface area (Å²) >= 11 is 0. The molecule has 2 heterocycles. The van der Waals surface area contributed by atoms with Gasteiger partial charge in [-0.15, -0.1) is 0 Å². The molecule has 576 valence electrons. The van der Waals surface area contributed by atoms with Crippen molar-refractivity contribution in [3.63, 3.8) is 0 Å². The first-order valence-corrected chi connectivity index (χ1v) is 41.9. The van der Waals surface area contributed by atoms with E-state index in [9.17, 15) is 45.6 Å². The zero-order valence-electron chi connectivity index (χ0n) is 63.3. The molecule has 9 N–H and O–H groups in total. The van der Waals surface area contributed by atoms with E-state index >= 15 is 0 Å². The molecule has 0 spiro atoms. The Kier molecular flexibility index (Phi) is 63.9. The number of hydrogen-bond acceptors (Lipinski definition) is 13.